The lowest BCUT2D eigenvalue weighted by Gasteiger charge is -2.07. The summed E-state index contributed by atoms with van der Waals surface area (Å²) in [5, 5.41) is 15.2. The lowest BCUT2D eigenvalue weighted by Crippen LogP contribution is -2.19. The Balaban J connectivity index is 1.48. The van der Waals surface area contributed by atoms with Gasteiger partial charge in [0.15, 0.2) is 0 Å². The first-order valence-electron chi connectivity index (χ1n) is 10.6. The number of H-pyrrole nitrogens is 1. The van der Waals surface area contributed by atoms with Crippen molar-refractivity contribution in [2.75, 3.05) is 0 Å². The third-order valence-corrected chi connectivity index (χ3v) is 5.75. The van der Waals surface area contributed by atoms with Gasteiger partial charge < -0.3 is 4.98 Å². The van der Waals surface area contributed by atoms with Gasteiger partial charge >= 0.3 is 0 Å². The van der Waals surface area contributed by atoms with E-state index in [1.807, 2.05) is 36.4 Å². The number of hydrogen-bond donors (Lipinski definition) is 4. The van der Waals surface area contributed by atoms with Gasteiger partial charge in [0.25, 0.3) is 11.8 Å². The van der Waals surface area contributed by atoms with Crippen molar-refractivity contribution in [3.05, 3.63) is 101 Å². The molecule has 0 saturated heterocycles. The number of benzene rings is 3. The van der Waals surface area contributed by atoms with Crippen LogP contribution in [-0.4, -0.2) is 33.2 Å². The van der Waals surface area contributed by atoms with Gasteiger partial charge in [0.2, 0.25) is 0 Å². The van der Waals surface area contributed by atoms with Crippen LogP contribution in [0.15, 0.2) is 84.0 Å². The maximum Gasteiger partial charge on any atom is 0.289 e. The van der Waals surface area contributed by atoms with Crippen molar-refractivity contribution in [1.29, 1.82) is 0 Å². The van der Waals surface area contributed by atoms with Gasteiger partial charge in [-0.3, -0.25) is 14.8 Å². The van der Waals surface area contributed by atoms with E-state index in [9.17, 15) is 9.59 Å². The number of nitrogens with zero attached hydrogens (tertiary/aromatic N) is 2. The van der Waals surface area contributed by atoms with Crippen LogP contribution in [0.4, 0.5) is 0 Å². The van der Waals surface area contributed by atoms with E-state index in [0.29, 0.717) is 21.8 Å². The molecule has 0 saturated carbocycles. The molecule has 2 heterocycles. The fraction of sp³-hybridized carbons (Fsp3) is 0. The van der Waals surface area contributed by atoms with Crippen molar-refractivity contribution < 1.29 is 14.8 Å². The Morgan fingerprint density at radius 3 is 2.43 bits per heavy atom. The molecule has 35 heavy (non-hydrogen) atoms. The second-order valence-electron chi connectivity index (χ2n) is 7.72. The van der Waals surface area contributed by atoms with Gasteiger partial charge in [0.05, 0.1) is 17.4 Å². The fourth-order valence-electron chi connectivity index (χ4n) is 3.79. The van der Waals surface area contributed by atoms with Gasteiger partial charge in [-0.2, -0.15) is 5.10 Å². The molecule has 0 spiro atoms. The van der Waals surface area contributed by atoms with Crippen molar-refractivity contribution in [2.45, 2.75) is 0 Å². The van der Waals surface area contributed by atoms with Gasteiger partial charge in [0, 0.05) is 32.4 Å². The molecule has 172 valence electrons. The number of halogens is 1. The summed E-state index contributed by atoms with van der Waals surface area (Å²) >= 11 is 6.06. The molecule has 0 atom stereocenters. The van der Waals surface area contributed by atoms with Gasteiger partial charge in [-0.05, 0) is 42.0 Å². The monoisotopic (exact) mass is 483 g/mol. The molecule has 2 amide bonds. The Kier molecular flexibility index (Phi) is 5.97. The molecule has 4 N–H and O–H groups in total. The van der Waals surface area contributed by atoms with Crippen LogP contribution in [0.3, 0.4) is 0 Å². The van der Waals surface area contributed by atoms with Crippen molar-refractivity contribution in [3.63, 3.8) is 0 Å². The van der Waals surface area contributed by atoms with Crippen LogP contribution in [0, 0.1) is 0 Å². The van der Waals surface area contributed by atoms with E-state index in [1.165, 1.54) is 18.3 Å². The predicted octanol–water partition coefficient (Wildman–Crippen LogP) is 4.92. The number of pyridine rings is 1. The van der Waals surface area contributed by atoms with E-state index >= 15 is 0 Å². The zero-order valence-electron chi connectivity index (χ0n) is 18.1. The molecule has 2 aromatic heterocycles. The Hall–Kier alpha value is -4.53. The van der Waals surface area contributed by atoms with E-state index in [4.69, 9.17) is 16.8 Å². The Bertz CT molecular complexity index is 1590. The summed E-state index contributed by atoms with van der Waals surface area (Å²) in [6, 6.07) is 23.2. The van der Waals surface area contributed by atoms with E-state index in [1.54, 1.807) is 35.8 Å². The van der Waals surface area contributed by atoms with E-state index in [2.05, 4.69) is 20.5 Å². The SMILES string of the molecule is O=C(NO)c1ccc(/C=N/NC(=O)c2cc3c([nH]c4ccccc43)c(-c3ccc(Cl)cc3)n2)cc1. The normalized spacial score (nSPS) is 11.3. The number of fused-ring (bicyclic) bond motifs is 3. The summed E-state index contributed by atoms with van der Waals surface area (Å²) in [4.78, 5) is 32.4. The molecule has 5 aromatic rings. The van der Waals surface area contributed by atoms with Crippen LogP contribution in [0.2, 0.25) is 5.02 Å². The van der Waals surface area contributed by atoms with Gasteiger partial charge in [-0.1, -0.05) is 54.1 Å². The molecule has 3 aromatic carbocycles. The zero-order chi connectivity index (χ0) is 24.4. The number of aromatic amines is 1. The summed E-state index contributed by atoms with van der Waals surface area (Å²) in [6.07, 6.45) is 1.45. The highest BCUT2D eigenvalue weighted by molar-refractivity contribution is 6.30. The minimum absolute atomic E-state index is 0.208. The molecule has 0 aliphatic rings. The number of carbonyl (C=O) groups excluding carboxylic acids is 2. The Morgan fingerprint density at radius 2 is 1.69 bits per heavy atom. The summed E-state index contributed by atoms with van der Waals surface area (Å²) in [6.45, 7) is 0. The number of hydrazone groups is 1. The highest BCUT2D eigenvalue weighted by Crippen LogP contribution is 2.33. The molecular formula is C26H18ClN5O3. The summed E-state index contributed by atoms with van der Waals surface area (Å²) in [5.74, 6) is -1.09. The minimum atomic E-state index is -0.614. The standard InChI is InChI=1S/C26H18ClN5O3/c27-18-11-9-16(10-12-18)23-24-20(19-3-1-2-4-21(19)29-24)13-22(30-23)26(34)31-28-14-15-5-7-17(8-6-15)25(33)32-35/h1-14,29,35H,(H,31,34)(H,32,33)/b28-14+. The topological polar surface area (TPSA) is 119 Å². The summed E-state index contributed by atoms with van der Waals surface area (Å²) in [7, 11) is 0. The number of rotatable bonds is 5. The van der Waals surface area contributed by atoms with Crippen LogP contribution >= 0.6 is 11.6 Å². The molecule has 0 radical (unpaired) electrons. The van der Waals surface area contributed by atoms with Gasteiger partial charge in [0.1, 0.15) is 5.69 Å². The quantitative estimate of drug-likeness (QED) is 0.161. The average molecular weight is 484 g/mol. The third-order valence-electron chi connectivity index (χ3n) is 5.50. The second-order valence-corrected chi connectivity index (χ2v) is 8.15. The maximum absolute atomic E-state index is 13.0. The smallest absolute Gasteiger partial charge is 0.289 e. The van der Waals surface area contributed by atoms with Crippen molar-refractivity contribution >= 4 is 51.4 Å². The van der Waals surface area contributed by atoms with Crippen LogP contribution in [0.5, 0.6) is 0 Å². The predicted molar refractivity (Wildman–Crippen MR) is 135 cm³/mol. The third kappa shape index (κ3) is 4.48. The number of carbonyl (C=O) groups is 2. The first-order chi connectivity index (χ1) is 17.0. The molecule has 0 unspecified atom stereocenters. The Labute approximate surface area is 204 Å². The molecular weight excluding hydrogens is 466 g/mol. The van der Waals surface area contributed by atoms with Crippen molar-refractivity contribution in [2.24, 2.45) is 5.10 Å². The molecule has 0 bridgehead atoms. The average Bonchev–Trinajstić information content (AvgIpc) is 3.27. The lowest BCUT2D eigenvalue weighted by molar-refractivity contribution is 0.0706. The minimum Gasteiger partial charge on any atom is -0.353 e. The van der Waals surface area contributed by atoms with Crippen molar-refractivity contribution in [3.8, 4) is 11.3 Å². The number of amides is 2. The molecule has 0 aliphatic carbocycles. The number of para-hydroxylation sites is 1. The van der Waals surface area contributed by atoms with Gasteiger partial charge in [-0.15, -0.1) is 0 Å². The zero-order valence-corrected chi connectivity index (χ0v) is 18.9. The Morgan fingerprint density at radius 1 is 0.943 bits per heavy atom. The first-order valence-corrected chi connectivity index (χ1v) is 11.0. The number of hydrogen-bond acceptors (Lipinski definition) is 5. The molecule has 0 aliphatic heterocycles. The van der Waals surface area contributed by atoms with Crippen LogP contribution < -0.4 is 10.9 Å². The molecule has 8 nitrogen and oxygen atoms in total. The van der Waals surface area contributed by atoms with E-state index < -0.39 is 11.8 Å². The van der Waals surface area contributed by atoms with Crippen LogP contribution in [0.25, 0.3) is 33.1 Å². The number of hydroxylamine groups is 1. The molecule has 5 rings (SSSR count). The number of nitrogens with one attached hydrogen (secondary N) is 3. The molecule has 9 heteroatoms. The van der Waals surface area contributed by atoms with Crippen LogP contribution in [-0.2, 0) is 0 Å². The highest BCUT2D eigenvalue weighted by Gasteiger charge is 2.17. The van der Waals surface area contributed by atoms with E-state index in [0.717, 1.165) is 27.4 Å². The second kappa shape index (κ2) is 9.38. The van der Waals surface area contributed by atoms with Crippen LogP contribution in [0.1, 0.15) is 26.4 Å². The summed E-state index contributed by atoms with van der Waals surface area (Å²) < 4.78 is 0. The maximum atomic E-state index is 13.0. The largest absolute Gasteiger partial charge is 0.353 e. The van der Waals surface area contributed by atoms with E-state index in [-0.39, 0.29) is 5.69 Å². The highest BCUT2D eigenvalue weighted by atomic mass is 35.5. The number of aromatic nitrogens is 2. The fourth-order valence-corrected chi connectivity index (χ4v) is 3.91. The lowest BCUT2D eigenvalue weighted by atomic mass is 10.1. The molecule has 0 fully saturated rings. The first kappa shape index (κ1) is 22.3. The van der Waals surface area contributed by atoms with Gasteiger partial charge in [-0.25, -0.2) is 15.9 Å². The van der Waals surface area contributed by atoms with Crippen molar-refractivity contribution in [1.82, 2.24) is 20.9 Å². The summed E-state index contributed by atoms with van der Waals surface area (Å²) in [5.41, 5.74) is 8.43.